The lowest BCUT2D eigenvalue weighted by Crippen LogP contribution is -2.40. The van der Waals surface area contributed by atoms with Crippen LogP contribution in [0.15, 0.2) is 60.7 Å². The standard InChI is InChI=1S/C21H26N4O2.ClH/c22-19-15-25(14-18(19)17-9-5-2-6-10-17)12-11-20(26)24-21(27)23-13-16-7-3-1-4-8-16;/h1-10,18-19H,11-15,22H2,(H2,23,24,26,27);1H/t18-,19+;/m0./s1. The molecule has 28 heavy (non-hydrogen) atoms. The molecular formula is C21H27ClN4O2. The van der Waals surface area contributed by atoms with E-state index in [0.29, 0.717) is 13.1 Å². The molecule has 1 aliphatic rings. The van der Waals surface area contributed by atoms with E-state index >= 15 is 0 Å². The molecule has 2 aromatic carbocycles. The van der Waals surface area contributed by atoms with Gasteiger partial charge in [-0.25, -0.2) is 4.79 Å². The molecule has 0 radical (unpaired) electrons. The quantitative estimate of drug-likeness (QED) is 0.691. The summed E-state index contributed by atoms with van der Waals surface area (Å²) in [7, 11) is 0. The Kier molecular flexibility index (Phi) is 8.44. The number of nitrogens with two attached hydrogens (primary N) is 1. The van der Waals surface area contributed by atoms with Gasteiger partial charge in [0.05, 0.1) is 0 Å². The van der Waals surface area contributed by atoms with E-state index in [0.717, 1.165) is 18.7 Å². The Hall–Kier alpha value is -2.41. The van der Waals surface area contributed by atoms with E-state index in [9.17, 15) is 9.59 Å². The van der Waals surface area contributed by atoms with Gasteiger partial charge in [-0.2, -0.15) is 0 Å². The highest BCUT2D eigenvalue weighted by Crippen LogP contribution is 2.26. The first-order chi connectivity index (χ1) is 13.1. The molecule has 0 aliphatic carbocycles. The summed E-state index contributed by atoms with van der Waals surface area (Å²) in [5, 5.41) is 5.07. The summed E-state index contributed by atoms with van der Waals surface area (Å²) in [6, 6.07) is 19.4. The van der Waals surface area contributed by atoms with E-state index in [1.165, 1.54) is 5.56 Å². The second-order valence-corrected chi connectivity index (χ2v) is 6.91. The van der Waals surface area contributed by atoms with Gasteiger partial charge >= 0.3 is 6.03 Å². The molecule has 2 aromatic rings. The van der Waals surface area contributed by atoms with E-state index in [1.54, 1.807) is 0 Å². The van der Waals surface area contributed by atoms with Crippen molar-refractivity contribution in [2.45, 2.75) is 24.9 Å². The van der Waals surface area contributed by atoms with Crippen LogP contribution in [0.3, 0.4) is 0 Å². The molecule has 2 atom stereocenters. The summed E-state index contributed by atoms with van der Waals surface area (Å²) in [6.07, 6.45) is 0.271. The zero-order chi connectivity index (χ0) is 19.1. The lowest BCUT2D eigenvalue weighted by atomic mass is 9.95. The fourth-order valence-electron chi connectivity index (χ4n) is 3.42. The molecule has 0 unspecified atom stereocenters. The summed E-state index contributed by atoms with van der Waals surface area (Å²) in [5.74, 6) is 0.000673. The number of benzene rings is 2. The number of hydrogen-bond acceptors (Lipinski definition) is 4. The van der Waals surface area contributed by atoms with Crippen LogP contribution in [0.5, 0.6) is 0 Å². The maximum atomic E-state index is 12.0. The molecular weight excluding hydrogens is 376 g/mol. The Bertz CT molecular complexity index is 758. The van der Waals surface area contributed by atoms with Crippen molar-refractivity contribution in [3.63, 3.8) is 0 Å². The largest absolute Gasteiger partial charge is 0.334 e. The lowest BCUT2D eigenvalue weighted by molar-refractivity contribution is -0.120. The van der Waals surface area contributed by atoms with Crippen molar-refractivity contribution in [3.8, 4) is 0 Å². The van der Waals surface area contributed by atoms with Crippen LogP contribution in [-0.2, 0) is 11.3 Å². The van der Waals surface area contributed by atoms with Gasteiger partial charge in [0.25, 0.3) is 0 Å². The average Bonchev–Trinajstić information content (AvgIpc) is 3.07. The fraction of sp³-hybridized carbons (Fsp3) is 0.333. The van der Waals surface area contributed by atoms with Gasteiger partial charge in [0, 0.05) is 44.6 Å². The molecule has 150 valence electrons. The summed E-state index contributed by atoms with van der Waals surface area (Å²) in [6.45, 7) is 2.57. The van der Waals surface area contributed by atoms with Crippen molar-refractivity contribution in [2.24, 2.45) is 5.73 Å². The number of imide groups is 1. The van der Waals surface area contributed by atoms with Gasteiger partial charge in [-0.3, -0.25) is 10.1 Å². The number of nitrogens with one attached hydrogen (secondary N) is 2. The molecule has 1 heterocycles. The summed E-state index contributed by atoms with van der Waals surface area (Å²) in [5.41, 5.74) is 8.49. The molecule has 7 heteroatoms. The van der Waals surface area contributed by atoms with E-state index in [4.69, 9.17) is 5.73 Å². The molecule has 3 rings (SSSR count). The van der Waals surface area contributed by atoms with E-state index < -0.39 is 6.03 Å². The number of carbonyl (C=O) groups is 2. The predicted molar refractivity (Wildman–Crippen MR) is 112 cm³/mol. The third-order valence-electron chi connectivity index (χ3n) is 4.87. The number of likely N-dealkylation sites (tertiary alicyclic amines) is 1. The van der Waals surface area contributed by atoms with Crippen LogP contribution < -0.4 is 16.4 Å². The monoisotopic (exact) mass is 402 g/mol. The molecule has 0 saturated carbocycles. The molecule has 1 aliphatic heterocycles. The summed E-state index contributed by atoms with van der Waals surface area (Å²) in [4.78, 5) is 26.0. The number of urea groups is 1. The highest BCUT2D eigenvalue weighted by Gasteiger charge is 2.31. The molecule has 0 aromatic heterocycles. The Balaban J connectivity index is 0.00000280. The van der Waals surface area contributed by atoms with Gasteiger partial charge < -0.3 is 16.0 Å². The molecule has 1 fully saturated rings. The molecule has 6 nitrogen and oxygen atoms in total. The molecule has 3 amide bonds. The first kappa shape index (κ1) is 21.9. The number of rotatable bonds is 6. The van der Waals surface area contributed by atoms with Crippen molar-refractivity contribution < 1.29 is 9.59 Å². The van der Waals surface area contributed by atoms with Crippen molar-refractivity contribution >= 4 is 24.3 Å². The Morgan fingerprint density at radius 2 is 1.64 bits per heavy atom. The van der Waals surface area contributed by atoms with E-state index in [1.807, 2.05) is 48.5 Å². The van der Waals surface area contributed by atoms with E-state index in [2.05, 4.69) is 27.7 Å². The zero-order valence-corrected chi connectivity index (χ0v) is 16.5. The molecule has 0 bridgehead atoms. The van der Waals surface area contributed by atoms with Gasteiger partial charge in [0.15, 0.2) is 0 Å². The third-order valence-corrected chi connectivity index (χ3v) is 4.87. The fourth-order valence-corrected chi connectivity index (χ4v) is 3.42. The normalized spacial score (nSPS) is 18.9. The lowest BCUT2D eigenvalue weighted by Gasteiger charge is -2.15. The summed E-state index contributed by atoms with van der Waals surface area (Å²) >= 11 is 0. The van der Waals surface area contributed by atoms with E-state index in [-0.39, 0.29) is 36.7 Å². The van der Waals surface area contributed by atoms with Crippen molar-refractivity contribution in [1.82, 2.24) is 15.5 Å². The smallest absolute Gasteiger partial charge is 0.321 e. The van der Waals surface area contributed by atoms with Crippen LogP contribution in [0.4, 0.5) is 4.79 Å². The number of hydrogen-bond donors (Lipinski definition) is 3. The van der Waals surface area contributed by atoms with Gasteiger partial charge in [-0.1, -0.05) is 60.7 Å². The highest BCUT2D eigenvalue weighted by molar-refractivity contribution is 5.94. The third kappa shape index (κ3) is 6.34. The predicted octanol–water partition coefficient (Wildman–Crippen LogP) is 2.25. The number of carbonyl (C=O) groups excluding carboxylic acids is 2. The second-order valence-electron chi connectivity index (χ2n) is 6.91. The first-order valence-corrected chi connectivity index (χ1v) is 9.26. The van der Waals surface area contributed by atoms with Crippen LogP contribution in [0, 0.1) is 0 Å². The Morgan fingerprint density at radius 3 is 2.32 bits per heavy atom. The Labute approximate surface area is 171 Å². The first-order valence-electron chi connectivity index (χ1n) is 9.26. The van der Waals surface area contributed by atoms with Gasteiger partial charge in [-0.05, 0) is 11.1 Å². The molecule has 1 saturated heterocycles. The van der Waals surface area contributed by atoms with Crippen LogP contribution in [0.1, 0.15) is 23.5 Å². The Morgan fingerprint density at radius 1 is 1.00 bits per heavy atom. The maximum absolute atomic E-state index is 12.0. The van der Waals surface area contributed by atoms with Crippen LogP contribution in [0.2, 0.25) is 0 Å². The number of amides is 3. The van der Waals surface area contributed by atoms with Crippen molar-refractivity contribution in [3.05, 3.63) is 71.8 Å². The second kappa shape index (κ2) is 10.8. The minimum Gasteiger partial charge on any atom is -0.334 e. The minimum absolute atomic E-state index is 0. The zero-order valence-electron chi connectivity index (χ0n) is 15.7. The van der Waals surface area contributed by atoms with Crippen molar-refractivity contribution in [2.75, 3.05) is 19.6 Å². The molecule has 0 spiro atoms. The van der Waals surface area contributed by atoms with Crippen molar-refractivity contribution in [1.29, 1.82) is 0 Å². The van der Waals surface area contributed by atoms with Gasteiger partial charge in [0.2, 0.25) is 5.91 Å². The van der Waals surface area contributed by atoms with Crippen LogP contribution in [0.25, 0.3) is 0 Å². The number of halogens is 1. The average molecular weight is 403 g/mol. The van der Waals surface area contributed by atoms with Gasteiger partial charge in [0.1, 0.15) is 0 Å². The summed E-state index contributed by atoms with van der Waals surface area (Å²) < 4.78 is 0. The van der Waals surface area contributed by atoms with Crippen LogP contribution >= 0.6 is 12.4 Å². The maximum Gasteiger partial charge on any atom is 0.321 e. The van der Waals surface area contributed by atoms with Gasteiger partial charge in [-0.15, -0.1) is 12.4 Å². The van der Waals surface area contributed by atoms with Crippen LogP contribution in [-0.4, -0.2) is 42.5 Å². The molecule has 4 N–H and O–H groups in total. The topological polar surface area (TPSA) is 87.5 Å². The minimum atomic E-state index is -0.468. The number of nitrogens with zero attached hydrogens (tertiary/aromatic N) is 1. The highest BCUT2D eigenvalue weighted by atomic mass is 35.5. The SMILES string of the molecule is Cl.N[C@@H]1CN(CCC(=O)NC(=O)NCc2ccccc2)C[C@H]1c1ccccc1.